The molecule has 0 radical (unpaired) electrons. The van der Waals surface area contributed by atoms with Crippen molar-refractivity contribution in [2.24, 2.45) is 0 Å². The zero-order chi connectivity index (χ0) is 29.8. The molecule has 0 aromatic rings. The Balaban J connectivity index is 1.63. The molecule has 0 saturated carbocycles. The Kier molecular flexibility index (Phi) is 15.3. The van der Waals surface area contributed by atoms with E-state index >= 15 is 0 Å². The van der Waals surface area contributed by atoms with Gasteiger partial charge in [-0.15, -0.1) is 0 Å². The molecule has 0 N–H and O–H groups in total. The van der Waals surface area contributed by atoms with Gasteiger partial charge in [0.05, 0.1) is 31.0 Å². The number of unbranched alkanes of at least 4 members (excludes halogenated alkanes) is 3. The van der Waals surface area contributed by atoms with Crippen LogP contribution in [0.25, 0.3) is 0 Å². The first kappa shape index (κ1) is 35.7. The standard InChI is InChI=1S/C27H57NO10Si3/c1-24-20-28-21-25(14-8-11-17-39(29-2,30-3)31-4)37-41(36-24,19-13-10-16-27-23-35-27)38-26(22-28)15-9-12-18-40(32-5,33-6)34-7/h24-27H,8-23H2,1-7H3. The third-order valence-corrected chi connectivity index (χ3v) is 17.3. The lowest BCUT2D eigenvalue weighted by Gasteiger charge is -2.47. The van der Waals surface area contributed by atoms with E-state index in [1.807, 2.05) is 0 Å². The average molecular weight is 640 g/mol. The van der Waals surface area contributed by atoms with Crippen molar-refractivity contribution in [3.05, 3.63) is 0 Å². The molecule has 14 heteroatoms. The van der Waals surface area contributed by atoms with Gasteiger partial charge in [0.1, 0.15) is 0 Å². The maximum absolute atomic E-state index is 6.98. The molecular weight excluding hydrogens is 583 g/mol. The Hall–Kier alpha value is 0.211. The summed E-state index contributed by atoms with van der Waals surface area (Å²) in [6, 6.07) is 2.45. The molecule has 0 amide bonds. The number of hydrogen-bond acceptors (Lipinski definition) is 11. The van der Waals surface area contributed by atoms with Crippen LogP contribution in [-0.2, 0) is 44.6 Å². The molecule has 4 fully saturated rings. The SMILES string of the molecule is CO[Si](CCCCC1CN2CC(C)O[Si](CCCCC3CO3)(O1)OC(CCCC[Si](OC)(OC)OC)C2)(OC)OC. The third-order valence-electron chi connectivity index (χ3n) is 8.56. The Morgan fingerprint density at radius 2 is 1.05 bits per heavy atom. The summed E-state index contributed by atoms with van der Waals surface area (Å²) in [5.41, 5.74) is 0. The molecule has 11 nitrogen and oxygen atoms in total. The van der Waals surface area contributed by atoms with E-state index < -0.39 is 26.4 Å². The van der Waals surface area contributed by atoms with Crippen molar-refractivity contribution in [2.45, 2.75) is 107 Å². The van der Waals surface area contributed by atoms with Crippen LogP contribution < -0.4 is 0 Å². The highest BCUT2D eigenvalue weighted by Crippen LogP contribution is 2.33. The Labute approximate surface area is 251 Å². The summed E-state index contributed by atoms with van der Waals surface area (Å²) in [6.07, 6.45) is 9.81. The van der Waals surface area contributed by atoms with Gasteiger partial charge in [-0.3, -0.25) is 4.90 Å². The second-order valence-electron chi connectivity index (χ2n) is 11.6. The van der Waals surface area contributed by atoms with Crippen LogP contribution in [0.5, 0.6) is 0 Å². The highest BCUT2D eigenvalue weighted by Gasteiger charge is 2.50. The van der Waals surface area contributed by atoms with Gasteiger partial charge in [-0.25, -0.2) is 0 Å². The quantitative estimate of drug-likeness (QED) is 0.103. The third kappa shape index (κ3) is 11.3. The number of nitrogens with zero attached hydrogens (tertiary/aromatic N) is 1. The van der Waals surface area contributed by atoms with Crippen molar-refractivity contribution in [1.29, 1.82) is 0 Å². The molecule has 4 aliphatic rings. The normalized spacial score (nSPS) is 30.7. The minimum atomic E-state index is -2.90. The summed E-state index contributed by atoms with van der Waals surface area (Å²) in [5.74, 6) is 0. The van der Waals surface area contributed by atoms with Crippen LogP contribution in [0.1, 0.15) is 64.7 Å². The van der Waals surface area contributed by atoms with Gasteiger partial charge in [0.25, 0.3) is 0 Å². The molecule has 4 atom stereocenters. The van der Waals surface area contributed by atoms with Gasteiger partial charge in [-0.1, -0.05) is 19.3 Å². The zero-order valence-electron chi connectivity index (χ0n) is 26.7. The van der Waals surface area contributed by atoms with Crippen molar-refractivity contribution >= 4 is 26.4 Å². The van der Waals surface area contributed by atoms with Crippen LogP contribution in [0.3, 0.4) is 0 Å². The predicted octanol–water partition coefficient (Wildman–Crippen LogP) is 4.10. The van der Waals surface area contributed by atoms with E-state index in [1.165, 1.54) is 0 Å². The fourth-order valence-electron chi connectivity index (χ4n) is 6.14. The van der Waals surface area contributed by atoms with Crippen LogP contribution in [0, 0.1) is 0 Å². The topological polar surface area (TPSA) is 98.8 Å². The van der Waals surface area contributed by atoms with Crippen LogP contribution in [0.15, 0.2) is 0 Å². The van der Waals surface area contributed by atoms with Crippen LogP contribution in [-0.4, -0.2) is 125 Å². The van der Waals surface area contributed by atoms with E-state index in [4.69, 9.17) is 44.6 Å². The first-order valence-electron chi connectivity index (χ1n) is 15.5. The second kappa shape index (κ2) is 17.6. The lowest BCUT2D eigenvalue weighted by molar-refractivity contribution is -0.0903. The molecule has 4 aliphatic heterocycles. The molecule has 4 heterocycles. The number of ether oxygens (including phenoxy) is 1. The minimum Gasteiger partial charge on any atom is -0.377 e. The highest BCUT2D eigenvalue weighted by molar-refractivity contribution is 6.61. The fourth-order valence-corrected chi connectivity index (χ4v) is 13.0. The molecule has 2 bridgehead atoms. The molecule has 4 unspecified atom stereocenters. The molecule has 41 heavy (non-hydrogen) atoms. The molecule has 0 aliphatic carbocycles. The molecule has 0 aromatic heterocycles. The number of hydrogen-bond donors (Lipinski definition) is 0. The maximum Gasteiger partial charge on any atom is 0.501 e. The molecular formula is C27H57NO10Si3. The summed E-state index contributed by atoms with van der Waals surface area (Å²) < 4.78 is 59.9. The Morgan fingerprint density at radius 3 is 1.49 bits per heavy atom. The van der Waals surface area contributed by atoms with Gasteiger partial charge < -0.3 is 44.6 Å². The summed E-state index contributed by atoms with van der Waals surface area (Å²) in [4.78, 5) is 2.49. The summed E-state index contributed by atoms with van der Waals surface area (Å²) in [7, 11) is 2.02. The zero-order valence-corrected chi connectivity index (χ0v) is 29.7. The van der Waals surface area contributed by atoms with E-state index in [0.717, 1.165) is 102 Å². The van der Waals surface area contributed by atoms with Crippen molar-refractivity contribution in [3.8, 4) is 0 Å². The first-order chi connectivity index (χ1) is 19.8. The highest BCUT2D eigenvalue weighted by atomic mass is 28.4. The Bertz CT molecular complexity index is 673. The largest absolute Gasteiger partial charge is 0.501 e. The minimum absolute atomic E-state index is 0.0855. The maximum atomic E-state index is 6.98. The van der Waals surface area contributed by atoms with Crippen LogP contribution in [0.2, 0.25) is 18.1 Å². The van der Waals surface area contributed by atoms with Gasteiger partial charge >= 0.3 is 26.4 Å². The van der Waals surface area contributed by atoms with Gasteiger partial charge in [0.15, 0.2) is 0 Å². The average Bonchev–Trinajstić information content (AvgIpc) is 3.79. The van der Waals surface area contributed by atoms with Crippen molar-refractivity contribution in [1.82, 2.24) is 4.90 Å². The lowest BCUT2D eigenvalue weighted by atomic mass is 10.1. The number of epoxide rings is 1. The molecule has 0 spiro atoms. The second-order valence-corrected chi connectivity index (χ2v) is 20.3. The summed E-state index contributed by atoms with van der Waals surface area (Å²) in [6.45, 7) is 5.79. The Morgan fingerprint density at radius 1 is 0.610 bits per heavy atom. The monoisotopic (exact) mass is 639 g/mol. The van der Waals surface area contributed by atoms with Crippen molar-refractivity contribution < 1.29 is 44.6 Å². The smallest absolute Gasteiger partial charge is 0.377 e. The number of rotatable bonds is 21. The van der Waals surface area contributed by atoms with Gasteiger partial charge in [-0.05, 0) is 45.4 Å². The van der Waals surface area contributed by atoms with Gasteiger partial charge in [0.2, 0.25) is 0 Å². The summed E-state index contributed by atoms with van der Waals surface area (Å²) >= 11 is 0. The van der Waals surface area contributed by atoms with Crippen LogP contribution >= 0.6 is 0 Å². The van der Waals surface area contributed by atoms with Crippen molar-refractivity contribution in [2.75, 3.05) is 68.9 Å². The molecule has 4 rings (SSSR count). The molecule has 242 valence electrons. The van der Waals surface area contributed by atoms with Crippen LogP contribution in [0.4, 0.5) is 0 Å². The first-order valence-corrected chi connectivity index (χ1v) is 21.3. The van der Waals surface area contributed by atoms with E-state index in [-0.39, 0.29) is 18.3 Å². The molecule has 4 saturated heterocycles. The van der Waals surface area contributed by atoms with Gasteiger partial charge in [-0.2, -0.15) is 0 Å². The predicted molar refractivity (Wildman–Crippen MR) is 162 cm³/mol. The fraction of sp³-hybridized carbons (Fsp3) is 1.00. The van der Waals surface area contributed by atoms with E-state index in [1.54, 1.807) is 42.7 Å². The molecule has 0 aromatic carbocycles. The van der Waals surface area contributed by atoms with Crippen molar-refractivity contribution in [3.63, 3.8) is 0 Å². The van der Waals surface area contributed by atoms with E-state index in [9.17, 15) is 0 Å². The lowest BCUT2D eigenvalue weighted by Crippen LogP contribution is -2.62. The van der Waals surface area contributed by atoms with Gasteiger partial charge in [0, 0.05) is 80.4 Å². The number of fused-ring (bicyclic) bond motifs is 6. The van der Waals surface area contributed by atoms with E-state index in [0.29, 0.717) is 6.10 Å². The van der Waals surface area contributed by atoms with E-state index in [2.05, 4.69) is 11.8 Å². The summed E-state index contributed by atoms with van der Waals surface area (Å²) in [5, 5.41) is 0.